The van der Waals surface area contributed by atoms with Crippen LogP contribution in [0.3, 0.4) is 0 Å². The highest BCUT2D eigenvalue weighted by molar-refractivity contribution is 5.27. The molecule has 2 unspecified atom stereocenters. The van der Waals surface area contributed by atoms with Crippen LogP contribution in [0, 0.1) is 5.92 Å². The Morgan fingerprint density at radius 2 is 2.50 bits per heavy atom. The van der Waals surface area contributed by atoms with Crippen molar-refractivity contribution in [3.05, 3.63) is 29.6 Å². The molecule has 1 aromatic rings. The first-order valence-electron chi connectivity index (χ1n) is 5.46. The Balaban J connectivity index is 2.30. The second-order valence-corrected chi connectivity index (χ2v) is 4.25. The quantitative estimate of drug-likeness (QED) is 0.775. The van der Waals surface area contributed by atoms with Gasteiger partial charge in [-0.3, -0.25) is 4.98 Å². The molecule has 14 heavy (non-hydrogen) atoms. The van der Waals surface area contributed by atoms with E-state index in [0.29, 0.717) is 11.8 Å². The average Bonchev–Trinajstić information content (AvgIpc) is 2.27. The zero-order valence-electron chi connectivity index (χ0n) is 8.74. The van der Waals surface area contributed by atoms with Gasteiger partial charge in [0.25, 0.3) is 0 Å². The Kier molecular flexibility index (Phi) is 2.82. The molecule has 2 nitrogen and oxygen atoms in total. The molecule has 0 saturated carbocycles. The molecule has 1 heterocycles. The van der Waals surface area contributed by atoms with Crippen LogP contribution in [-0.4, -0.2) is 11.5 Å². The van der Waals surface area contributed by atoms with E-state index in [1.807, 2.05) is 12.3 Å². The second kappa shape index (κ2) is 4.09. The van der Waals surface area contributed by atoms with Gasteiger partial charge in [0, 0.05) is 11.9 Å². The Hall–Kier alpha value is -0.890. The van der Waals surface area contributed by atoms with Gasteiger partial charge in [-0.25, -0.2) is 0 Å². The van der Waals surface area contributed by atoms with E-state index in [1.54, 1.807) is 0 Å². The van der Waals surface area contributed by atoms with Gasteiger partial charge in [-0.15, -0.1) is 0 Å². The Morgan fingerprint density at radius 3 is 3.29 bits per heavy atom. The molecule has 2 rings (SSSR count). The Labute approximate surface area is 85.5 Å². The van der Waals surface area contributed by atoms with Gasteiger partial charge >= 0.3 is 0 Å². The van der Waals surface area contributed by atoms with Crippen LogP contribution in [0.2, 0.25) is 0 Å². The minimum absolute atomic E-state index is 0.582. The molecule has 1 aromatic heterocycles. The molecule has 0 saturated heterocycles. The fraction of sp³-hybridized carbons (Fsp3) is 0.583. The smallest absolute Gasteiger partial charge is 0.0438 e. The molecule has 0 radical (unpaired) electrons. The monoisotopic (exact) mass is 190 g/mol. The molecule has 0 aromatic carbocycles. The maximum atomic E-state index is 5.74. The minimum atomic E-state index is 0.582. The molecule has 0 spiro atoms. The number of aryl methyl sites for hydroxylation is 1. The van der Waals surface area contributed by atoms with Crippen molar-refractivity contribution in [1.29, 1.82) is 0 Å². The number of hydrogen-bond donors (Lipinski definition) is 1. The van der Waals surface area contributed by atoms with Crippen molar-refractivity contribution in [1.82, 2.24) is 4.98 Å². The molecule has 76 valence electrons. The molecule has 1 aliphatic rings. The van der Waals surface area contributed by atoms with Crippen LogP contribution in [-0.2, 0) is 6.42 Å². The number of fused-ring (bicyclic) bond motifs is 1. The third-order valence-corrected chi connectivity index (χ3v) is 3.31. The molecule has 2 atom stereocenters. The van der Waals surface area contributed by atoms with Crippen LogP contribution < -0.4 is 5.73 Å². The fourth-order valence-corrected chi connectivity index (χ4v) is 2.40. The predicted octanol–water partition coefficient (Wildman–Crippen LogP) is 2.10. The lowest BCUT2D eigenvalue weighted by atomic mass is 9.78. The molecular formula is C12H18N2. The van der Waals surface area contributed by atoms with Gasteiger partial charge in [-0.05, 0) is 49.3 Å². The SMILES string of the molecule is CC(CN)C1CCCc2ncccc21. The van der Waals surface area contributed by atoms with E-state index in [9.17, 15) is 0 Å². The maximum absolute atomic E-state index is 5.74. The summed E-state index contributed by atoms with van der Waals surface area (Å²) in [4.78, 5) is 4.45. The first-order chi connectivity index (χ1) is 6.83. The van der Waals surface area contributed by atoms with E-state index in [0.717, 1.165) is 13.0 Å². The van der Waals surface area contributed by atoms with Crippen LogP contribution in [0.4, 0.5) is 0 Å². The largest absolute Gasteiger partial charge is 0.330 e. The Bertz CT molecular complexity index is 309. The molecule has 2 N–H and O–H groups in total. The molecule has 0 bridgehead atoms. The van der Waals surface area contributed by atoms with Crippen LogP contribution in [0.15, 0.2) is 18.3 Å². The van der Waals surface area contributed by atoms with E-state index in [2.05, 4.69) is 18.0 Å². The lowest BCUT2D eigenvalue weighted by molar-refractivity contribution is 0.409. The van der Waals surface area contributed by atoms with Gasteiger partial charge in [-0.1, -0.05) is 13.0 Å². The summed E-state index contributed by atoms with van der Waals surface area (Å²) in [6.45, 7) is 3.02. The topological polar surface area (TPSA) is 38.9 Å². The lowest BCUT2D eigenvalue weighted by Crippen LogP contribution is -2.23. The number of pyridine rings is 1. The van der Waals surface area contributed by atoms with E-state index < -0.39 is 0 Å². The highest BCUT2D eigenvalue weighted by atomic mass is 14.7. The third-order valence-electron chi connectivity index (χ3n) is 3.31. The maximum Gasteiger partial charge on any atom is 0.0438 e. The van der Waals surface area contributed by atoms with Crippen LogP contribution >= 0.6 is 0 Å². The third kappa shape index (κ3) is 1.67. The number of nitrogens with two attached hydrogens (primary N) is 1. The van der Waals surface area contributed by atoms with E-state index in [1.165, 1.54) is 24.1 Å². The van der Waals surface area contributed by atoms with E-state index in [4.69, 9.17) is 5.73 Å². The van der Waals surface area contributed by atoms with Crippen molar-refractivity contribution in [2.75, 3.05) is 6.54 Å². The van der Waals surface area contributed by atoms with E-state index >= 15 is 0 Å². The van der Waals surface area contributed by atoms with Gasteiger partial charge < -0.3 is 5.73 Å². The minimum Gasteiger partial charge on any atom is -0.330 e. The van der Waals surface area contributed by atoms with Gasteiger partial charge in [0.05, 0.1) is 0 Å². The van der Waals surface area contributed by atoms with E-state index in [-0.39, 0.29) is 0 Å². The highest BCUT2D eigenvalue weighted by Gasteiger charge is 2.24. The molecular weight excluding hydrogens is 172 g/mol. The second-order valence-electron chi connectivity index (χ2n) is 4.25. The summed E-state index contributed by atoms with van der Waals surface area (Å²) in [5, 5.41) is 0. The first kappa shape index (κ1) is 9.66. The Morgan fingerprint density at radius 1 is 1.64 bits per heavy atom. The van der Waals surface area contributed by atoms with Crippen molar-refractivity contribution < 1.29 is 0 Å². The summed E-state index contributed by atoms with van der Waals surface area (Å²) in [6.07, 6.45) is 5.58. The normalized spacial score (nSPS) is 22.9. The molecule has 2 heteroatoms. The summed E-state index contributed by atoms with van der Waals surface area (Å²) in [7, 11) is 0. The highest BCUT2D eigenvalue weighted by Crippen LogP contribution is 2.35. The summed E-state index contributed by atoms with van der Waals surface area (Å²) in [5.41, 5.74) is 8.48. The molecule has 0 fully saturated rings. The summed E-state index contributed by atoms with van der Waals surface area (Å²) in [6, 6.07) is 4.26. The van der Waals surface area contributed by atoms with Crippen LogP contribution in [0.5, 0.6) is 0 Å². The fourth-order valence-electron chi connectivity index (χ4n) is 2.40. The van der Waals surface area contributed by atoms with Crippen LogP contribution in [0.25, 0.3) is 0 Å². The van der Waals surface area contributed by atoms with Crippen molar-refractivity contribution in [2.24, 2.45) is 11.7 Å². The predicted molar refractivity (Wildman–Crippen MR) is 58.1 cm³/mol. The van der Waals surface area contributed by atoms with Crippen molar-refractivity contribution in [3.63, 3.8) is 0 Å². The molecule has 0 aliphatic heterocycles. The first-order valence-corrected chi connectivity index (χ1v) is 5.46. The summed E-state index contributed by atoms with van der Waals surface area (Å²) >= 11 is 0. The van der Waals surface area contributed by atoms with Gasteiger partial charge in [0.1, 0.15) is 0 Å². The van der Waals surface area contributed by atoms with Crippen LogP contribution in [0.1, 0.15) is 36.9 Å². The summed E-state index contributed by atoms with van der Waals surface area (Å²) < 4.78 is 0. The number of hydrogen-bond acceptors (Lipinski definition) is 2. The zero-order chi connectivity index (χ0) is 9.97. The van der Waals surface area contributed by atoms with Crippen molar-refractivity contribution >= 4 is 0 Å². The standard InChI is InChI=1S/C12H18N2/c1-9(8-13)10-4-2-6-12-11(10)5-3-7-14-12/h3,5,7,9-10H,2,4,6,8,13H2,1H3. The number of nitrogens with zero attached hydrogens (tertiary/aromatic N) is 1. The average molecular weight is 190 g/mol. The lowest BCUT2D eigenvalue weighted by Gasteiger charge is -2.28. The number of rotatable bonds is 2. The van der Waals surface area contributed by atoms with Crippen molar-refractivity contribution in [2.45, 2.75) is 32.1 Å². The summed E-state index contributed by atoms with van der Waals surface area (Å²) in [5.74, 6) is 1.22. The number of aromatic nitrogens is 1. The molecule has 0 amide bonds. The van der Waals surface area contributed by atoms with Crippen molar-refractivity contribution in [3.8, 4) is 0 Å². The van der Waals surface area contributed by atoms with Gasteiger partial charge in [-0.2, -0.15) is 0 Å². The zero-order valence-corrected chi connectivity index (χ0v) is 8.74. The molecule has 1 aliphatic carbocycles. The van der Waals surface area contributed by atoms with Gasteiger partial charge in [0.15, 0.2) is 0 Å². The van der Waals surface area contributed by atoms with Gasteiger partial charge in [0.2, 0.25) is 0 Å².